The molecule has 2 rings (SSSR count). The number of carbonyl (C=O) groups excluding carboxylic acids is 1. The fraction of sp³-hybridized carbons (Fsp3) is 0.917. The van der Waals surface area contributed by atoms with Crippen LogP contribution < -0.4 is 0 Å². The zero-order valence-corrected chi connectivity index (χ0v) is 10.5. The lowest BCUT2D eigenvalue weighted by atomic mass is 10.1. The monoisotopic (exact) mass is 259 g/mol. The molecule has 18 heavy (non-hydrogen) atoms. The predicted octanol–water partition coefficient (Wildman–Crippen LogP) is -0.598. The molecule has 2 aliphatic heterocycles. The van der Waals surface area contributed by atoms with Crippen molar-refractivity contribution in [1.29, 1.82) is 0 Å². The van der Waals surface area contributed by atoms with Gasteiger partial charge in [-0.2, -0.15) is 0 Å². The molecule has 104 valence electrons. The third kappa shape index (κ3) is 3.65. The number of aliphatic hydroxyl groups excluding tert-OH is 1. The van der Waals surface area contributed by atoms with Gasteiger partial charge >= 0.3 is 0 Å². The number of piperidine rings is 1. The van der Waals surface area contributed by atoms with E-state index in [2.05, 4.69) is 0 Å². The van der Waals surface area contributed by atoms with E-state index in [4.69, 9.17) is 19.3 Å². The first-order valence-corrected chi connectivity index (χ1v) is 6.52. The van der Waals surface area contributed by atoms with Crippen molar-refractivity contribution in [2.75, 3.05) is 46.1 Å². The quantitative estimate of drug-likeness (QED) is 0.730. The zero-order chi connectivity index (χ0) is 12.8. The molecule has 0 aliphatic carbocycles. The number of carbonyl (C=O) groups is 1. The molecule has 1 atom stereocenters. The maximum Gasteiger partial charge on any atom is 0.254 e. The van der Waals surface area contributed by atoms with Crippen LogP contribution in [0.15, 0.2) is 0 Å². The molecule has 6 heteroatoms. The van der Waals surface area contributed by atoms with Crippen LogP contribution in [0.2, 0.25) is 0 Å². The Morgan fingerprint density at radius 2 is 2.11 bits per heavy atom. The van der Waals surface area contributed by atoms with Crippen LogP contribution in [-0.2, 0) is 19.0 Å². The van der Waals surface area contributed by atoms with Gasteiger partial charge in [-0.1, -0.05) is 0 Å². The Hall–Kier alpha value is -0.690. The average molecular weight is 259 g/mol. The predicted molar refractivity (Wildman–Crippen MR) is 63.2 cm³/mol. The van der Waals surface area contributed by atoms with E-state index in [1.54, 1.807) is 0 Å². The minimum atomic E-state index is -0.436. The molecule has 2 aliphatic rings. The minimum absolute atomic E-state index is 0.0234. The lowest BCUT2D eigenvalue weighted by Gasteiger charge is -2.34. The van der Waals surface area contributed by atoms with Gasteiger partial charge in [-0.25, -0.2) is 0 Å². The SMILES string of the molecule is O=C(C1COCCO1)N1CCC(OCCO)CC1. The maximum absolute atomic E-state index is 12.1. The van der Waals surface area contributed by atoms with Crippen LogP contribution in [0.3, 0.4) is 0 Å². The first-order valence-electron chi connectivity index (χ1n) is 6.52. The van der Waals surface area contributed by atoms with Gasteiger partial charge < -0.3 is 24.2 Å². The fourth-order valence-electron chi connectivity index (χ4n) is 2.30. The molecule has 1 amide bonds. The molecule has 1 N–H and O–H groups in total. The Kier molecular flexibility index (Phi) is 5.37. The summed E-state index contributed by atoms with van der Waals surface area (Å²) in [5, 5.41) is 8.69. The van der Waals surface area contributed by atoms with Gasteiger partial charge in [-0.05, 0) is 12.8 Å². The van der Waals surface area contributed by atoms with Crippen molar-refractivity contribution in [3.8, 4) is 0 Å². The third-order valence-electron chi connectivity index (χ3n) is 3.29. The number of aliphatic hydroxyl groups is 1. The highest BCUT2D eigenvalue weighted by molar-refractivity contribution is 5.81. The van der Waals surface area contributed by atoms with E-state index in [1.807, 2.05) is 4.90 Å². The van der Waals surface area contributed by atoms with Gasteiger partial charge in [0.1, 0.15) is 0 Å². The molecule has 0 bridgehead atoms. The summed E-state index contributed by atoms with van der Waals surface area (Å²) in [5.41, 5.74) is 0. The summed E-state index contributed by atoms with van der Waals surface area (Å²) in [7, 11) is 0. The van der Waals surface area contributed by atoms with Gasteiger partial charge in [-0.15, -0.1) is 0 Å². The van der Waals surface area contributed by atoms with E-state index in [-0.39, 0.29) is 18.6 Å². The second-order valence-electron chi connectivity index (χ2n) is 4.55. The normalized spacial score (nSPS) is 26.3. The summed E-state index contributed by atoms with van der Waals surface area (Å²) in [6, 6.07) is 0. The van der Waals surface area contributed by atoms with E-state index >= 15 is 0 Å². The largest absolute Gasteiger partial charge is 0.394 e. The fourth-order valence-corrected chi connectivity index (χ4v) is 2.30. The van der Waals surface area contributed by atoms with Gasteiger partial charge in [0.25, 0.3) is 5.91 Å². The highest BCUT2D eigenvalue weighted by Crippen LogP contribution is 2.16. The summed E-state index contributed by atoms with van der Waals surface area (Å²) in [6.07, 6.45) is 1.36. The molecule has 0 radical (unpaired) electrons. The first kappa shape index (κ1) is 13.7. The lowest BCUT2D eigenvalue weighted by Crippen LogP contribution is -2.49. The topological polar surface area (TPSA) is 68.2 Å². The Bertz CT molecular complexity index is 259. The lowest BCUT2D eigenvalue weighted by molar-refractivity contribution is -0.160. The van der Waals surface area contributed by atoms with E-state index in [0.717, 1.165) is 12.8 Å². The summed E-state index contributed by atoms with van der Waals surface area (Å²) >= 11 is 0. The van der Waals surface area contributed by atoms with E-state index in [0.29, 0.717) is 39.5 Å². The molecule has 2 heterocycles. The number of hydrogen-bond acceptors (Lipinski definition) is 5. The maximum atomic E-state index is 12.1. The van der Waals surface area contributed by atoms with Gasteiger partial charge in [0.2, 0.25) is 0 Å². The molecule has 0 aromatic carbocycles. The van der Waals surface area contributed by atoms with Crippen LogP contribution in [0.25, 0.3) is 0 Å². The summed E-state index contributed by atoms with van der Waals surface area (Å²) < 4.78 is 16.1. The number of ether oxygens (including phenoxy) is 3. The van der Waals surface area contributed by atoms with Gasteiger partial charge in [0.05, 0.1) is 39.1 Å². The van der Waals surface area contributed by atoms with E-state index < -0.39 is 6.10 Å². The zero-order valence-electron chi connectivity index (χ0n) is 10.5. The van der Waals surface area contributed by atoms with E-state index in [9.17, 15) is 4.79 Å². The smallest absolute Gasteiger partial charge is 0.254 e. The van der Waals surface area contributed by atoms with Gasteiger partial charge in [0, 0.05) is 13.1 Å². The molecule has 0 aromatic rings. The van der Waals surface area contributed by atoms with Gasteiger partial charge in [0.15, 0.2) is 6.10 Å². The Balaban J connectivity index is 1.73. The van der Waals surface area contributed by atoms with Crippen molar-refractivity contribution < 1.29 is 24.1 Å². The standard InChI is InChI=1S/C12H21NO5/c14-5-6-17-10-1-3-13(4-2-10)12(15)11-9-16-7-8-18-11/h10-11,14H,1-9H2. The van der Waals surface area contributed by atoms with Crippen molar-refractivity contribution in [2.24, 2.45) is 0 Å². The van der Waals surface area contributed by atoms with Crippen LogP contribution in [0.1, 0.15) is 12.8 Å². The minimum Gasteiger partial charge on any atom is -0.394 e. The molecular weight excluding hydrogens is 238 g/mol. The molecule has 0 aromatic heterocycles. The molecule has 6 nitrogen and oxygen atoms in total. The van der Waals surface area contributed by atoms with Crippen LogP contribution in [0.4, 0.5) is 0 Å². The second kappa shape index (κ2) is 7.04. The van der Waals surface area contributed by atoms with E-state index in [1.165, 1.54) is 0 Å². The Morgan fingerprint density at radius 1 is 1.33 bits per heavy atom. The first-order chi connectivity index (χ1) is 8.81. The van der Waals surface area contributed by atoms with Crippen molar-refractivity contribution >= 4 is 5.91 Å². The summed E-state index contributed by atoms with van der Waals surface area (Å²) in [4.78, 5) is 13.9. The highest BCUT2D eigenvalue weighted by Gasteiger charge is 2.30. The third-order valence-corrected chi connectivity index (χ3v) is 3.29. The number of nitrogens with zero attached hydrogens (tertiary/aromatic N) is 1. The van der Waals surface area contributed by atoms with Crippen molar-refractivity contribution in [1.82, 2.24) is 4.90 Å². The second-order valence-corrected chi connectivity index (χ2v) is 4.55. The average Bonchev–Trinajstić information content (AvgIpc) is 2.46. The van der Waals surface area contributed by atoms with Crippen molar-refractivity contribution in [2.45, 2.75) is 25.0 Å². The Morgan fingerprint density at radius 3 is 2.72 bits per heavy atom. The summed E-state index contributed by atoms with van der Waals surface area (Å²) in [5.74, 6) is 0.0234. The molecule has 2 fully saturated rings. The number of amides is 1. The van der Waals surface area contributed by atoms with Crippen molar-refractivity contribution in [3.05, 3.63) is 0 Å². The molecule has 1 unspecified atom stereocenters. The van der Waals surface area contributed by atoms with Crippen LogP contribution in [0.5, 0.6) is 0 Å². The number of rotatable bonds is 4. The molecular formula is C12H21NO5. The molecule has 0 saturated carbocycles. The van der Waals surface area contributed by atoms with Gasteiger partial charge in [-0.3, -0.25) is 4.79 Å². The highest BCUT2D eigenvalue weighted by atomic mass is 16.6. The number of likely N-dealkylation sites (tertiary alicyclic amines) is 1. The van der Waals surface area contributed by atoms with Crippen LogP contribution in [-0.4, -0.2) is 74.2 Å². The molecule has 2 saturated heterocycles. The summed E-state index contributed by atoms with van der Waals surface area (Å²) in [6.45, 7) is 3.22. The van der Waals surface area contributed by atoms with Crippen molar-refractivity contribution in [3.63, 3.8) is 0 Å². The van der Waals surface area contributed by atoms with Crippen LogP contribution >= 0.6 is 0 Å². The number of hydrogen-bond donors (Lipinski definition) is 1. The Labute approximate surface area is 107 Å². The molecule has 0 spiro atoms. The van der Waals surface area contributed by atoms with Crippen LogP contribution in [0, 0.1) is 0 Å².